The van der Waals surface area contributed by atoms with E-state index in [0.29, 0.717) is 10.8 Å². The van der Waals surface area contributed by atoms with Gasteiger partial charge >= 0.3 is 0 Å². The average Bonchev–Trinajstić information content (AvgIpc) is 2.88. The van der Waals surface area contributed by atoms with Gasteiger partial charge in [0, 0.05) is 12.3 Å². The SMILES string of the molecule is CCCCCSc1nc(NCCCN(C)C)c2sc(N)nc2n1. The van der Waals surface area contributed by atoms with Crippen molar-refractivity contribution in [2.24, 2.45) is 0 Å². The van der Waals surface area contributed by atoms with E-state index in [9.17, 15) is 0 Å². The summed E-state index contributed by atoms with van der Waals surface area (Å²) in [4.78, 5) is 15.7. The van der Waals surface area contributed by atoms with Crippen LogP contribution in [0.25, 0.3) is 10.3 Å². The Morgan fingerprint density at radius 3 is 2.74 bits per heavy atom. The fourth-order valence-electron chi connectivity index (χ4n) is 2.12. The molecule has 0 atom stereocenters. The number of hydrogen-bond acceptors (Lipinski definition) is 8. The van der Waals surface area contributed by atoms with E-state index in [2.05, 4.69) is 46.2 Å². The van der Waals surface area contributed by atoms with E-state index in [1.54, 1.807) is 11.8 Å². The summed E-state index contributed by atoms with van der Waals surface area (Å²) in [6.45, 7) is 4.13. The summed E-state index contributed by atoms with van der Waals surface area (Å²) >= 11 is 3.14. The van der Waals surface area contributed by atoms with Crippen LogP contribution >= 0.6 is 23.1 Å². The molecule has 23 heavy (non-hydrogen) atoms. The van der Waals surface area contributed by atoms with Gasteiger partial charge in [0.25, 0.3) is 0 Å². The molecule has 0 saturated heterocycles. The van der Waals surface area contributed by atoms with Gasteiger partial charge in [-0.05, 0) is 33.5 Å². The van der Waals surface area contributed by atoms with E-state index in [1.807, 2.05) is 0 Å². The topological polar surface area (TPSA) is 80.0 Å². The molecule has 0 amide bonds. The molecular formula is C15H26N6S2. The molecule has 0 aliphatic rings. The van der Waals surface area contributed by atoms with Crippen molar-refractivity contribution in [3.05, 3.63) is 0 Å². The minimum atomic E-state index is 0.541. The third-order valence-electron chi connectivity index (χ3n) is 3.30. The smallest absolute Gasteiger partial charge is 0.191 e. The second kappa shape index (κ2) is 9.24. The summed E-state index contributed by atoms with van der Waals surface area (Å²) < 4.78 is 0.949. The molecule has 0 radical (unpaired) electrons. The minimum Gasteiger partial charge on any atom is -0.375 e. The molecule has 2 heterocycles. The number of nitrogens with zero attached hydrogens (tertiary/aromatic N) is 4. The molecule has 0 aliphatic carbocycles. The van der Waals surface area contributed by atoms with Crippen LogP contribution in [-0.2, 0) is 0 Å². The molecule has 128 valence electrons. The lowest BCUT2D eigenvalue weighted by Crippen LogP contribution is -2.16. The zero-order valence-electron chi connectivity index (χ0n) is 14.1. The van der Waals surface area contributed by atoms with E-state index in [-0.39, 0.29) is 0 Å². The molecule has 2 aromatic heterocycles. The number of nitrogens with one attached hydrogen (secondary N) is 1. The highest BCUT2D eigenvalue weighted by molar-refractivity contribution is 7.99. The lowest BCUT2D eigenvalue weighted by Gasteiger charge is -2.11. The Morgan fingerprint density at radius 2 is 2.00 bits per heavy atom. The highest BCUT2D eigenvalue weighted by Crippen LogP contribution is 2.30. The van der Waals surface area contributed by atoms with Crippen molar-refractivity contribution in [3.63, 3.8) is 0 Å². The van der Waals surface area contributed by atoms with Gasteiger partial charge in [-0.25, -0.2) is 15.0 Å². The highest BCUT2D eigenvalue weighted by Gasteiger charge is 2.12. The van der Waals surface area contributed by atoms with Crippen molar-refractivity contribution >= 4 is 44.4 Å². The number of anilines is 2. The number of nitrogen functional groups attached to an aromatic ring is 1. The van der Waals surface area contributed by atoms with Gasteiger partial charge in [-0.2, -0.15) is 0 Å². The first-order chi connectivity index (χ1) is 11.1. The first-order valence-corrected chi connectivity index (χ1v) is 9.85. The van der Waals surface area contributed by atoms with E-state index in [4.69, 9.17) is 5.73 Å². The molecule has 8 heteroatoms. The van der Waals surface area contributed by atoms with Crippen LogP contribution in [0.5, 0.6) is 0 Å². The Hall–Kier alpha value is -1.12. The molecule has 0 aromatic carbocycles. The van der Waals surface area contributed by atoms with Crippen molar-refractivity contribution in [3.8, 4) is 0 Å². The third kappa shape index (κ3) is 5.78. The zero-order chi connectivity index (χ0) is 16.7. The van der Waals surface area contributed by atoms with Crippen LogP contribution in [0, 0.1) is 0 Å². The van der Waals surface area contributed by atoms with Crippen molar-refractivity contribution in [1.82, 2.24) is 19.9 Å². The Labute approximate surface area is 146 Å². The standard InChI is InChI=1S/C15H26N6S2/c1-4-5-6-10-22-15-19-12(17-8-7-9-21(2)3)11-13(20-15)18-14(16)23-11/h4-10H2,1-3H3,(H3,16,17,18,19,20). The Morgan fingerprint density at radius 1 is 1.17 bits per heavy atom. The number of aromatic nitrogens is 3. The molecule has 2 rings (SSSR count). The van der Waals surface area contributed by atoms with E-state index in [1.165, 1.54) is 30.6 Å². The molecule has 0 spiro atoms. The zero-order valence-corrected chi connectivity index (χ0v) is 15.8. The second-order valence-electron chi connectivity index (χ2n) is 5.70. The monoisotopic (exact) mass is 354 g/mol. The van der Waals surface area contributed by atoms with Gasteiger partial charge in [-0.15, -0.1) is 0 Å². The van der Waals surface area contributed by atoms with Crippen molar-refractivity contribution in [2.45, 2.75) is 37.8 Å². The number of thiazole rings is 1. The third-order valence-corrected chi connectivity index (χ3v) is 5.12. The van der Waals surface area contributed by atoms with Gasteiger partial charge in [0.15, 0.2) is 21.8 Å². The van der Waals surface area contributed by atoms with Gasteiger partial charge in [0.2, 0.25) is 0 Å². The molecule has 0 unspecified atom stereocenters. The molecule has 0 bridgehead atoms. The number of thioether (sulfide) groups is 1. The first-order valence-electron chi connectivity index (χ1n) is 8.05. The molecular weight excluding hydrogens is 328 g/mol. The van der Waals surface area contributed by atoms with Crippen LogP contribution in [0.1, 0.15) is 32.6 Å². The fraction of sp³-hybridized carbons (Fsp3) is 0.667. The average molecular weight is 355 g/mol. The van der Waals surface area contributed by atoms with Crippen molar-refractivity contribution in [1.29, 1.82) is 0 Å². The van der Waals surface area contributed by atoms with E-state index >= 15 is 0 Å². The van der Waals surface area contributed by atoms with Crippen LogP contribution in [0.3, 0.4) is 0 Å². The predicted octanol–water partition coefficient (Wildman–Crippen LogP) is 3.31. The van der Waals surface area contributed by atoms with Crippen molar-refractivity contribution < 1.29 is 0 Å². The van der Waals surface area contributed by atoms with Gasteiger partial charge < -0.3 is 16.0 Å². The maximum atomic E-state index is 5.84. The number of hydrogen-bond donors (Lipinski definition) is 2. The maximum absolute atomic E-state index is 5.84. The van der Waals surface area contributed by atoms with Gasteiger partial charge in [0.05, 0.1) is 0 Å². The van der Waals surface area contributed by atoms with Crippen LogP contribution in [0.4, 0.5) is 10.9 Å². The van der Waals surface area contributed by atoms with E-state index < -0.39 is 0 Å². The molecule has 0 aliphatic heterocycles. The van der Waals surface area contributed by atoms with Crippen LogP contribution in [0.2, 0.25) is 0 Å². The van der Waals surface area contributed by atoms with Crippen LogP contribution in [0.15, 0.2) is 5.16 Å². The normalized spacial score (nSPS) is 11.5. The summed E-state index contributed by atoms with van der Waals surface area (Å²) in [5.74, 6) is 1.90. The summed E-state index contributed by atoms with van der Waals surface area (Å²) in [7, 11) is 4.16. The largest absolute Gasteiger partial charge is 0.375 e. The quantitative estimate of drug-likeness (QED) is 0.385. The number of rotatable bonds is 10. The minimum absolute atomic E-state index is 0.541. The Balaban J connectivity index is 2.06. The molecule has 3 N–H and O–H groups in total. The number of unbranched alkanes of at least 4 members (excludes halogenated alkanes) is 2. The molecule has 0 saturated carbocycles. The molecule has 2 aromatic rings. The lowest BCUT2D eigenvalue weighted by atomic mass is 10.3. The second-order valence-corrected chi connectivity index (χ2v) is 7.79. The van der Waals surface area contributed by atoms with Crippen molar-refractivity contribution in [2.75, 3.05) is 44.0 Å². The Bertz CT molecular complexity index is 613. The highest BCUT2D eigenvalue weighted by atomic mass is 32.2. The predicted molar refractivity (Wildman–Crippen MR) is 102 cm³/mol. The summed E-state index contributed by atoms with van der Waals surface area (Å²) in [6.07, 6.45) is 4.72. The molecule has 6 nitrogen and oxygen atoms in total. The van der Waals surface area contributed by atoms with Crippen LogP contribution < -0.4 is 11.1 Å². The van der Waals surface area contributed by atoms with Gasteiger partial charge in [-0.3, -0.25) is 0 Å². The maximum Gasteiger partial charge on any atom is 0.191 e. The van der Waals surface area contributed by atoms with Gasteiger partial charge in [0.1, 0.15) is 4.70 Å². The summed E-state index contributed by atoms with van der Waals surface area (Å²) in [5, 5.41) is 4.75. The first kappa shape index (κ1) is 18.2. The number of nitrogens with two attached hydrogens (primary N) is 1. The van der Waals surface area contributed by atoms with E-state index in [0.717, 1.165) is 40.9 Å². The Kier molecular flexibility index (Phi) is 7.32. The van der Waals surface area contributed by atoms with Gasteiger partial charge in [-0.1, -0.05) is 42.9 Å². The lowest BCUT2D eigenvalue weighted by molar-refractivity contribution is 0.405. The summed E-state index contributed by atoms with van der Waals surface area (Å²) in [5.41, 5.74) is 6.55. The fourth-order valence-corrected chi connectivity index (χ4v) is 3.70. The van der Waals surface area contributed by atoms with Crippen LogP contribution in [-0.4, -0.2) is 52.8 Å². The molecule has 0 fully saturated rings. The summed E-state index contributed by atoms with van der Waals surface area (Å²) in [6, 6.07) is 0. The number of fused-ring (bicyclic) bond motifs is 1.